The monoisotopic (exact) mass is 338 g/mol. The lowest BCUT2D eigenvalue weighted by Crippen LogP contribution is -2.48. The number of thioether (sulfide) groups is 1. The lowest BCUT2D eigenvalue weighted by atomic mass is 10.0. The number of alkyl carbamates (subject to hydrolysis) is 1. The van der Waals surface area contributed by atoms with Gasteiger partial charge in [0.05, 0.1) is 0 Å². The molecule has 1 amide bonds. The van der Waals surface area contributed by atoms with Crippen LogP contribution in [0.3, 0.4) is 0 Å². The van der Waals surface area contributed by atoms with Gasteiger partial charge in [0.25, 0.3) is 0 Å². The summed E-state index contributed by atoms with van der Waals surface area (Å²) in [4.78, 5) is 22.9. The molecule has 128 valence electrons. The molecule has 2 heterocycles. The van der Waals surface area contributed by atoms with Crippen molar-refractivity contribution in [2.45, 2.75) is 56.8 Å². The minimum Gasteiger partial charge on any atom is -0.444 e. The molecule has 6 nitrogen and oxygen atoms in total. The van der Waals surface area contributed by atoms with Crippen LogP contribution in [0, 0.1) is 0 Å². The van der Waals surface area contributed by atoms with Crippen LogP contribution < -0.4 is 10.2 Å². The van der Waals surface area contributed by atoms with Crippen LogP contribution in [0.5, 0.6) is 0 Å². The van der Waals surface area contributed by atoms with Gasteiger partial charge in [-0.25, -0.2) is 14.8 Å². The molecule has 1 aliphatic rings. The first kappa shape index (κ1) is 17.8. The zero-order valence-electron chi connectivity index (χ0n) is 14.3. The van der Waals surface area contributed by atoms with E-state index in [2.05, 4.69) is 20.2 Å². The van der Waals surface area contributed by atoms with E-state index in [1.807, 2.05) is 33.1 Å². The number of aromatic nitrogens is 2. The average Bonchev–Trinajstić information content (AvgIpc) is 2.51. The van der Waals surface area contributed by atoms with Crippen molar-refractivity contribution in [2.75, 3.05) is 24.2 Å². The Balaban J connectivity index is 1.99. The second-order valence-corrected chi connectivity index (χ2v) is 7.40. The van der Waals surface area contributed by atoms with Gasteiger partial charge in [-0.3, -0.25) is 0 Å². The first-order valence-corrected chi connectivity index (χ1v) is 9.22. The van der Waals surface area contributed by atoms with Gasteiger partial charge in [0, 0.05) is 25.3 Å². The van der Waals surface area contributed by atoms with Gasteiger partial charge in [0.2, 0.25) is 0 Å². The van der Waals surface area contributed by atoms with Gasteiger partial charge in [-0.05, 0) is 52.4 Å². The lowest BCUT2D eigenvalue weighted by Gasteiger charge is -2.36. The van der Waals surface area contributed by atoms with Crippen molar-refractivity contribution in [1.29, 1.82) is 0 Å². The standard InChI is InChI=1S/C16H26N4O2S/c1-16(2,3)22-15(21)18-11-12-7-5-6-10-20(12)13-8-9-17-14(19-13)23-4/h8-9,12H,5-7,10-11H2,1-4H3,(H,18,21). The van der Waals surface area contributed by atoms with E-state index in [0.29, 0.717) is 6.54 Å². The van der Waals surface area contributed by atoms with E-state index in [0.717, 1.165) is 36.8 Å². The molecule has 0 radical (unpaired) electrons. The maximum Gasteiger partial charge on any atom is 0.407 e. The highest BCUT2D eigenvalue weighted by molar-refractivity contribution is 7.98. The van der Waals surface area contributed by atoms with E-state index >= 15 is 0 Å². The SMILES string of the molecule is CSc1nccc(N2CCCCC2CNC(=O)OC(C)(C)C)n1. The summed E-state index contributed by atoms with van der Waals surface area (Å²) < 4.78 is 5.31. The number of carbonyl (C=O) groups is 1. The summed E-state index contributed by atoms with van der Waals surface area (Å²) in [5.41, 5.74) is -0.476. The number of hydrogen-bond donors (Lipinski definition) is 1. The highest BCUT2D eigenvalue weighted by atomic mass is 32.2. The van der Waals surface area contributed by atoms with Gasteiger partial charge >= 0.3 is 6.09 Å². The Kier molecular flexibility index (Phi) is 6.10. The Bertz CT molecular complexity index is 533. The number of amides is 1. The second kappa shape index (κ2) is 7.86. The molecule has 1 N–H and O–H groups in total. The first-order valence-electron chi connectivity index (χ1n) is 7.99. The molecule has 0 saturated carbocycles. The normalized spacial score (nSPS) is 18.6. The summed E-state index contributed by atoms with van der Waals surface area (Å²) in [6.45, 7) is 7.11. The van der Waals surface area contributed by atoms with Crippen LogP contribution >= 0.6 is 11.8 Å². The predicted octanol–water partition coefficient (Wildman–Crippen LogP) is 3.08. The fourth-order valence-corrected chi connectivity index (χ4v) is 2.97. The molecule has 1 unspecified atom stereocenters. The number of nitrogens with one attached hydrogen (secondary N) is 1. The maximum absolute atomic E-state index is 11.9. The maximum atomic E-state index is 11.9. The fourth-order valence-electron chi connectivity index (χ4n) is 2.62. The quantitative estimate of drug-likeness (QED) is 0.672. The number of nitrogens with zero attached hydrogens (tertiary/aromatic N) is 3. The number of piperidine rings is 1. The number of carbonyl (C=O) groups excluding carboxylic acids is 1. The molecule has 0 aromatic carbocycles. The molecular formula is C16H26N4O2S. The van der Waals surface area contributed by atoms with Gasteiger partial charge in [-0.1, -0.05) is 11.8 Å². The van der Waals surface area contributed by atoms with E-state index < -0.39 is 5.60 Å². The van der Waals surface area contributed by atoms with Crippen molar-refractivity contribution in [3.63, 3.8) is 0 Å². The Morgan fingerprint density at radius 2 is 2.26 bits per heavy atom. The van der Waals surface area contributed by atoms with E-state index in [4.69, 9.17) is 4.74 Å². The van der Waals surface area contributed by atoms with Crippen molar-refractivity contribution in [1.82, 2.24) is 15.3 Å². The van der Waals surface area contributed by atoms with Crippen LogP contribution in [0.2, 0.25) is 0 Å². The fraction of sp³-hybridized carbons (Fsp3) is 0.688. The lowest BCUT2D eigenvalue weighted by molar-refractivity contribution is 0.0523. The van der Waals surface area contributed by atoms with Gasteiger partial charge in [0.1, 0.15) is 11.4 Å². The Hall–Kier alpha value is -1.50. The van der Waals surface area contributed by atoms with Gasteiger partial charge in [0.15, 0.2) is 5.16 Å². The number of anilines is 1. The summed E-state index contributed by atoms with van der Waals surface area (Å²) in [6.07, 6.45) is 6.74. The van der Waals surface area contributed by atoms with Crippen LogP contribution in [0.1, 0.15) is 40.0 Å². The topological polar surface area (TPSA) is 67.4 Å². The summed E-state index contributed by atoms with van der Waals surface area (Å²) in [6, 6.07) is 2.17. The van der Waals surface area contributed by atoms with Crippen molar-refractivity contribution in [3.8, 4) is 0 Å². The highest BCUT2D eigenvalue weighted by Crippen LogP contribution is 2.24. The van der Waals surface area contributed by atoms with E-state index in [1.165, 1.54) is 11.8 Å². The van der Waals surface area contributed by atoms with Crippen LogP contribution in [0.4, 0.5) is 10.6 Å². The van der Waals surface area contributed by atoms with Gasteiger partial charge < -0.3 is 15.0 Å². The first-order chi connectivity index (χ1) is 10.9. The Morgan fingerprint density at radius 3 is 2.96 bits per heavy atom. The summed E-state index contributed by atoms with van der Waals surface area (Å²) in [5, 5.41) is 3.66. The molecule has 1 fully saturated rings. The summed E-state index contributed by atoms with van der Waals surface area (Å²) in [5.74, 6) is 0.931. The largest absolute Gasteiger partial charge is 0.444 e. The van der Waals surface area contributed by atoms with Crippen LogP contribution in [-0.2, 0) is 4.74 Å². The smallest absolute Gasteiger partial charge is 0.407 e. The van der Waals surface area contributed by atoms with Crippen LogP contribution in [0.25, 0.3) is 0 Å². The summed E-state index contributed by atoms with van der Waals surface area (Å²) in [7, 11) is 0. The van der Waals surface area contributed by atoms with Crippen LogP contribution in [-0.4, -0.2) is 47.0 Å². The minimum absolute atomic E-state index is 0.237. The molecule has 0 spiro atoms. The molecule has 1 saturated heterocycles. The zero-order chi connectivity index (χ0) is 16.9. The third-order valence-corrected chi connectivity index (χ3v) is 4.17. The molecule has 0 aliphatic carbocycles. The van der Waals surface area contributed by atoms with E-state index in [-0.39, 0.29) is 12.1 Å². The number of hydrogen-bond acceptors (Lipinski definition) is 6. The molecule has 1 atom stereocenters. The van der Waals surface area contributed by atoms with Crippen molar-refractivity contribution < 1.29 is 9.53 Å². The second-order valence-electron chi connectivity index (χ2n) is 6.63. The summed E-state index contributed by atoms with van der Waals surface area (Å²) >= 11 is 1.53. The molecule has 2 rings (SSSR count). The van der Waals surface area contributed by atoms with E-state index in [9.17, 15) is 4.79 Å². The van der Waals surface area contributed by atoms with Crippen molar-refractivity contribution in [3.05, 3.63) is 12.3 Å². The molecule has 1 aliphatic heterocycles. The molecule has 1 aromatic heterocycles. The van der Waals surface area contributed by atoms with Crippen molar-refractivity contribution >= 4 is 23.7 Å². The van der Waals surface area contributed by atoms with E-state index in [1.54, 1.807) is 6.20 Å². The van der Waals surface area contributed by atoms with Gasteiger partial charge in [-0.2, -0.15) is 0 Å². The Labute approximate surface area is 142 Å². The Morgan fingerprint density at radius 1 is 1.48 bits per heavy atom. The van der Waals surface area contributed by atoms with Crippen molar-refractivity contribution in [2.24, 2.45) is 0 Å². The van der Waals surface area contributed by atoms with Crippen LogP contribution in [0.15, 0.2) is 17.4 Å². The number of ether oxygens (including phenoxy) is 1. The molecular weight excluding hydrogens is 312 g/mol. The molecule has 23 heavy (non-hydrogen) atoms. The third kappa shape index (κ3) is 5.57. The minimum atomic E-state index is -0.476. The predicted molar refractivity (Wildman–Crippen MR) is 93.0 cm³/mol. The molecule has 1 aromatic rings. The molecule has 0 bridgehead atoms. The zero-order valence-corrected chi connectivity index (χ0v) is 15.2. The number of rotatable bonds is 4. The third-order valence-electron chi connectivity index (χ3n) is 3.60. The van der Waals surface area contributed by atoms with Gasteiger partial charge in [-0.15, -0.1) is 0 Å². The molecule has 7 heteroatoms. The highest BCUT2D eigenvalue weighted by Gasteiger charge is 2.25. The average molecular weight is 338 g/mol.